The van der Waals surface area contributed by atoms with Crippen LogP contribution in [0, 0.1) is 5.41 Å². The van der Waals surface area contributed by atoms with Crippen molar-refractivity contribution in [2.75, 3.05) is 14.2 Å². The minimum Gasteiger partial charge on any atom is -0.479 e. The zero-order valence-electron chi connectivity index (χ0n) is 8.95. The van der Waals surface area contributed by atoms with Crippen LogP contribution in [0.3, 0.4) is 0 Å². The predicted molar refractivity (Wildman–Crippen MR) is 51.2 cm³/mol. The molecule has 0 radical (unpaired) electrons. The molecule has 0 spiro atoms. The Bertz CT molecular complexity index is 206. The number of ether oxygens (including phenoxy) is 2. The second-order valence-electron chi connectivity index (χ2n) is 3.82. The van der Waals surface area contributed by atoms with Crippen LogP contribution in [0.4, 0.5) is 0 Å². The van der Waals surface area contributed by atoms with Gasteiger partial charge in [0.25, 0.3) is 0 Å². The van der Waals surface area contributed by atoms with E-state index in [1.807, 2.05) is 6.92 Å². The molecule has 14 heavy (non-hydrogen) atoms. The Morgan fingerprint density at radius 1 is 1.43 bits per heavy atom. The third-order valence-electron chi connectivity index (χ3n) is 3.11. The van der Waals surface area contributed by atoms with E-state index in [1.165, 1.54) is 7.11 Å². The molecule has 0 bridgehead atoms. The van der Waals surface area contributed by atoms with E-state index in [-0.39, 0.29) is 11.5 Å². The maximum atomic E-state index is 11.0. The van der Waals surface area contributed by atoms with E-state index in [0.717, 1.165) is 19.3 Å². The van der Waals surface area contributed by atoms with E-state index >= 15 is 0 Å². The maximum absolute atomic E-state index is 11.0. The van der Waals surface area contributed by atoms with E-state index in [4.69, 9.17) is 14.6 Å². The van der Waals surface area contributed by atoms with Gasteiger partial charge < -0.3 is 14.6 Å². The number of rotatable bonds is 6. The van der Waals surface area contributed by atoms with Crippen LogP contribution in [-0.4, -0.2) is 37.5 Å². The molecule has 0 aromatic heterocycles. The summed E-state index contributed by atoms with van der Waals surface area (Å²) in [6.07, 6.45) is 1.84. The molecule has 0 heterocycles. The molecule has 0 saturated heterocycles. The molecule has 82 valence electrons. The Hall–Kier alpha value is -0.610. The van der Waals surface area contributed by atoms with Crippen LogP contribution in [0.5, 0.6) is 0 Å². The molecule has 0 amide bonds. The summed E-state index contributed by atoms with van der Waals surface area (Å²) in [5.41, 5.74) is -0.288. The molecule has 4 heteroatoms. The zero-order valence-corrected chi connectivity index (χ0v) is 8.95. The van der Waals surface area contributed by atoms with Crippen LogP contribution in [0.2, 0.25) is 0 Å². The number of hydrogen-bond donors (Lipinski definition) is 1. The molecule has 1 aliphatic rings. The van der Waals surface area contributed by atoms with Crippen LogP contribution in [0.15, 0.2) is 0 Å². The average molecular weight is 202 g/mol. The molecule has 1 fully saturated rings. The van der Waals surface area contributed by atoms with E-state index in [0.29, 0.717) is 0 Å². The predicted octanol–water partition coefficient (Wildman–Crippen LogP) is 1.29. The van der Waals surface area contributed by atoms with Crippen molar-refractivity contribution in [1.29, 1.82) is 0 Å². The minimum absolute atomic E-state index is 0.0106. The number of carboxylic acids is 1. The fourth-order valence-corrected chi connectivity index (χ4v) is 2.29. The van der Waals surface area contributed by atoms with Gasteiger partial charge in [0.05, 0.1) is 6.10 Å². The van der Waals surface area contributed by atoms with Crippen molar-refractivity contribution in [3.8, 4) is 0 Å². The first kappa shape index (κ1) is 11.5. The molecule has 1 saturated carbocycles. The van der Waals surface area contributed by atoms with Gasteiger partial charge in [0.15, 0.2) is 6.10 Å². The first-order valence-corrected chi connectivity index (χ1v) is 4.90. The summed E-state index contributed by atoms with van der Waals surface area (Å²) in [5, 5.41) is 9.01. The van der Waals surface area contributed by atoms with Crippen LogP contribution in [-0.2, 0) is 14.3 Å². The van der Waals surface area contributed by atoms with Crippen molar-refractivity contribution >= 4 is 5.97 Å². The highest BCUT2D eigenvalue weighted by Crippen LogP contribution is 2.54. The van der Waals surface area contributed by atoms with Gasteiger partial charge in [0.1, 0.15) is 0 Å². The van der Waals surface area contributed by atoms with Gasteiger partial charge in [0, 0.05) is 19.6 Å². The van der Waals surface area contributed by atoms with Gasteiger partial charge in [-0.25, -0.2) is 4.79 Å². The van der Waals surface area contributed by atoms with Gasteiger partial charge in [-0.15, -0.1) is 0 Å². The molecule has 1 aliphatic carbocycles. The quantitative estimate of drug-likeness (QED) is 0.705. The second kappa shape index (κ2) is 4.28. The monoisotopic (exact) mass is 202 g/mol. The van der Waals surface area contributed by atoms with E-state index < -0.39 is 12.1 Å². The SMILES string of the molecule is CCC(OC)C1(C(OC)C(=O)O)CC1. The Morgan fingerprint density at radius 3 is 2.21 bits per heavy atom. The highest BCUT2D eigenvalue weighted by atomic mass is 16.5. The number of aliphatic carboxylic acids is 1. The van der Waals surface area contributed by atoms with Crippen molar-refractivity contribution in [3.05, 3.63) is 0 Å². The minimum atomic E-state index is -0.888. The normalized spacial score (nSPS) is 22.8. The molecule has 1 N–H and O–H groups in total. The number of carbonyl (C=O) groups is 1. The zero-order chi connectivity index (χ0) is 10.8. The van der Waals surface area contributed by atoms with Gasteiger partial charge in [-0.05, 0) is 19.3 Å². The number of hydrogen-bond acceptors (Lipinski definition) is 3. The van der Waals surface area contributed by atoms with Crippen molar-refractivity contribution in [3.63, 3.8) is 0 Å². The van der Waals surface area contributed by atoms with Crippen molar-refractivity contribution in [2.24, 2.45) is 5.41 Å². The Labute approximate surface area is 84.2 Å². The largest absolute Gasteiger partial charge is 0.479 e. The van der Waals surface area contributed by atoms with Gasteiger partial charge >= 0.3 is 5.97 Å². The molecular formula is C10H18O4. The fraction of sp³-hybridized carbons (Fsp3) is 0.900. The standard InChI is InChI=1S/C10H18O4/c1-4-7(13-2)10(5-6-10)8(14-3)9(11)12/h7-8H,4-6H2,1-3H3,(H,11,12). The average Bonchev–Trinajstić information content (AvgIpc) is 2.89. The molecule has 1 rings (SSSR count). The van der Waals surface area contributed by atoms with Crippen LogP contribution in [0.25, 0.3) is 0 Å². The van der Waals surface area contributed by atoms with Crippen LogP contribution in [0.1, 0.15) is 26.2 Å². The number of carboxylic acid groups (broad SMARTS) is 1. The van der Waals surface area contributed by atoms with Gasteiger partial charge in [-0.2, -0.15) is 0 Å². The summed E-state index contributed by atoms with van der Waals surface area (Å²) in [7, 11) is 3.07. The second-order valence-corrected chi connectivity index (χ2v) is 3.82. The lowest BCUT2D eigenvalue weighted by molar-refractivity contribution is -0.158. The molecule has 0 aliphatic heterocycles. The smallest absolute Gasteiger partial charge is 0.333 e. The summed E-state index contributed by atoms with van der Waals surface area (Å²) in [6, 6.07) is 0. The molecule has 4 nitrogen and oxygen atoms in total. The molecule has 0 aromatic carbocycles. The first-order chi connectivity index (χ1) is 6.62. The van der Waals surface area contributed by atoms with Crippen LogP contribution >= 0.6 is 0 Å². The summed E-state index contributed by atoms with van der Waals surface area (Å²) in [4.78, 5) is 11.0. The lowest BCUT2D eigenvalue weighted by Gasteiger charge is -2.29. The first-order valence-electron chi connectivity index (χ1n) is 4.90. The maximum Gasteiger partial charge on any atom is 0.333 e. The van der Waals surface area contributed by atoms with Crippen molar-refractivity contribution in [2.45, 2.75) is 38.4 Å². The summed E-state index contributed by atoms with van der Waals surface area (Å²) in [5.74, 6) is -0.888. The fourth-order valence-electron chi connectivity index (χ4n) is 2.29. The highest BCUT2D eigenvalue weighted by molar-refractivity contribution is 5.74. The van der Waals surface area contributed by atoms with Gasteiger partial charge in [-0.1, -0.05) is 6.92 Å². The lowest BCUT2D eigenvalue weighted by Crippen LogP contribution is -2.41. The molecule has 0 aromatic rings. The van der Waals surface area contributed by atoms with E-state index in [1.54, 1.807) is 7.11 Å². The van der Waals surface area contributed by atoms with Crippen molar-refractivity contribution < 1.29 is 19.4 Å². The van der Waals surface area contributed by atoms with Crippen LogP contribution < -0.4 is 0 Å². The summed E-state index contributed by atoms with van der Waals surface area (Å²) < 4.78 is 10.4. The van der Waals surface area contributed by atoms with Gasteiger partial charge in [0.2, 0.25) is 0 Å². The highest BCUT2D eigenvalue weighted by Gasteiger charge is 2.58. The van der Waals surface area contributed by atoms with E-state index in [9.17, 15) is 4.79 Å². The molecule has 2 atom stereocenters. The third-order valence-corrected chi connectivity index (χ3v) is 3.11. The Kier molecular flexibility index (Phi) is 3.50. The Balaban J connectivity index is 2.76. The third kappa shape index (κ3) is 1.77. The lowest BCUT2D eigenvalue weighted by atomic mass is 9.90. The summed E-state index contributed by atoms with van der Waals surface area (Å²) in [6.45, 7) is 2.00. The topological polar surface area (TPSA) is 55.8 Å². The summed E-state index contributed by atoms with van der Waals surface area (Å²) >= 11 is 0. The number of methoxy groups -OCH3 is 2. The van der Waals surface area contributed by atoms with Crippen molar-refractivity contribution in [1.82, 2.24) is 0 Å². The Morgan fingerprint density at radius 2 is 2.00 bits per heavy atom. The van der Waals surface area contributed by atoms with E-state index in [2.05, 4.69) is 0 Å². The molecular weight excluding hydrogens is 184 g/mol. The molecule has 2 unspecified atom stereocenters. The van der Waals surface area contributed by atoms with Gasteiger partial charge in [-0.3, -0.25) is 0 Å².